The third-order valence-corrected chi connectivity index (χ3v) is 4.37. The highest BCUT2D eigenvalue weighted by Crippen LogP contribution is 2.30. The summed E-state index contributed by atoms with van der Waals surface area (Å²) in [4.78, 5) is 4.41. The largest absolute Gasteiger partial charge is 0.474 e. The lowest BCUT2D eigenvalue weighted by molar-refractivity contribution is 0.0270. The SMILES string of the molecule is CC(C)(O)COc1ncc(CO)cc1-c1ccc(S(C)(=O)=O)cc1. The molecule has 0 saturated carbocycles. The predicted molar refractivity (Wildman–Crippen MR) is 90.5 cm³/mol. The van der Waals surface area contributed by atoms with Crippen molar-refractivity contribution >= 4 is 9.84 Å². The van der Waals surface area contributed by atoms with E-state index in [9.17, 15) is 18.6 Å². The van der Waals surface area contributed by atoms with Crippen molar-refractivity contribution in [2.75, 3.05) is 12.9 Å². The van der Waals surface area contributed by atoms with E-state index in [0.717, 1.165) is 6.26 Å². The molecule has 0 atom stereocenters. The lowest BCUT2D eigenvalue weighted by atomic mass is 10.1. The van der Waals surface area contributed by atoms with E-state index in [1.807, 2.05) is 0 Å². The van der Waals surface area contributed by atoms with Crippen LogP contribution in [0.15, 0.2) is 41.4 Å². The molecule has 24 heavy (non-hydrogen) atoms. The van der Waals surface area contributed by atoms with Gasteiger partial charge in [0, 0.05) is 18.0 Å². The van der Waals surface area contributed by atoms with Gasteiger partial charge in [-0.2, -0.15) is 0 Å². The van der Waals surface area contributed by atoms with Crippen molar-refractivity contribution in [2.24, 2.45) is 0 Å². The fraction of sp³-hybridized carbons (Fsp3) is 0.353. The van der Waals surface area contributed by atoms with E-state index in [-0.39, 0.29) is 18.1 Å². The second-order valence-electron chi connectivity index (χ2n) is 6.25. The van der Waals surface area contributed by atoms with Crippen LogP contribution in [-0.2, 0) is 16.4 Å². The number of benzene rings is 1. The van der Waals surface area contributed by atoms with Gasteiger partial charge in [0.25, 0.3) is 0 Å². The zero-order valence-electron chi connectivity index (χ0n) is 13.9. The molecule has 0 unspecified atom stereocenters. The molecule has 0 amide bonds. The monoisotopic (exact) mass is 351 g/mol. The Bertz CT molecular complexity index is 808. The van der Waals surface area contributed by atoms with Crippen LogP contribution in [0, 0.1) is 0 Å². The van der Waals surface area contributed by atoms with Gasteiger partial charge in [0.1, 0.15) is 6.61 Å². The number of sulfone groups is 1. The zero-order valence-corrected chi connectivity index (χ0v) is 14.7. The molecule has 0 bridgehead atoms. The number of aliphatic hydroxyl groups excluding tert-OH is 1. The number of ether oxygens (including phenoxy) is 1. The van der Waals surface area contributed by atoms with Crippen molar-refractivity contribution in [1.29, 1.82) is 0 Å². The Hall–Kier alpha value is -1.96. The first-order valence-electron chi connectivity index (χ1n) is 7.35. The first kappa shape index (κ1) is 18.4. The molecule has 0 spiro atoms. The summed E-state index contributed by atoms with van der Waals surface area (Å²) in [5.74, 6) is 0.307. The molecule has 2 N–H and O–H groups in total. The quantitative estimate of drug-likeness (QED) is 0.824. The Kier molecular flexibility index (Phi) is 5.27. The number of aliphatic hydroxyl groups is 2. The Morgan fingerprint density at radius 3 is 2.33 bits per heavy atom. The van der Waals surface area contributed by atoms with Gasteiger partial charge < -0.3 is 14.9 Å². The topological polar surface area (TPSA) is 96.7 Å². The molecule has 0 saturated heterocycles. The lowest BCUT2D eigenvalue weighted by Crippen LogP contribution is -2.28. The first-order valence-corrected chi connectivity index (χ1v) is 9.25. The van der Waals surface area contributed by atoms with Crippen LogP contribution in [-0.4, -0.2) is 42.1 Å². The van der Waals surface area contributed by atoms with Gasteiger partial charge in [-0.05, 0) is 43.2 Å². The first-order chi connectivity index (χ1) is 11.1. The van der Waals surface area contributed by atoms with Crippen LogP contribution in [0.25, 0.3) is 11.1 Å². The van der Waals surface area contributed by atoms with E-state index in [1.165, 1.54) is 18.3 Å². The Balaban J connectivity index is 2.43. The molecular weight excluding hydrogens is 330 g/mol. The normalized spacial score (nSPS) is 12.2. The molecule has 1 aromatic heterocycles. The predicted octanol–water partition coefficient (Wildman–Crippen LogP) is 1.79. The molecule has 7 heteroatoms. The average molecular weight is 351 g/mol. The van der Waals surface area contributed by atoms with E-state index < -0.39 is 15.4 Å². The minimum atomic E-state index is -3.27. The van der Waals surface area contributed by atoms with E-state index in [2.05, 4.69) is 4.98 Å². The van der Waals surface area contributed by atoms with Crippen LogP contribution < -0.4 is 4.74 Å². The number of pyridine rings is 1. The van der Waals surface area contributed by atoms with Gasteiger partial charge in [-0.15, -0.1) is 0 Å². The maximum Gasteiger partial charge on any atom is 0.221 e. The van der Waals surface area contributed by atoms with Crippen molar-refractivity contribution in [2.45, 2.75) is 31.0 Å². The summed E-state index contributed by atoms with van der Waals surface area (Å²) in [5, 5.41) is 19.1. The maximum absolute atomic E-state index is 11.6. The van der Waals surface area contributed by atoms with Crippen molar-refractivity contribution in [3.8, 4) is 17.0 Å². The molecular formula is C17H21NO5S. The minimum absolute atomic E-state index is 0.0485. The molecule has 6 nitrogen and oxygen atoms in total. The second-order valence-corrected chi connectivity index (χ2v) is 8.27. The molecule has 0 radical (unpaired) electrons. The smallest absolute Gasteiger partial charge is 0.221 e. The number of nitrogens with zero attached hydrogens (tertiary/aromatic N) is 1. The van der Waals surface area contributed by atoms with Gasteiger partial charge in [-0.25, -0.2) is 13.4 Å². The summed E-state index contributed by atoms with van der Waals surface area (Å²) < 4.78 is 28.7. The van der Waals surface area contributed by atoms with E-state index >= 15 is 0 Å². The molecule has 130 valence electrons. The maximum atomic E-state index is 11.6. The highest BCUT2D eigenvalue weighted by atomic mass is 32.2. The van der Waals surface area contributed by atoms with Crippen LogP contribution in [0.1, 0.15) is 19.4 Å². The van der Waals surface area contributed by atoms with Gasteiger partial charge in [0.2, 0.25) is 5.88 Å². The zero-order chi connectivity index (χ0) is 18.0. The second kappa shape index (κ2) is 6.88. The van der Waals surface area contributed by atoms with Crippen LogP contribution in [0.2, 0.25) is 0 Å². The van der Waals surface area contributed by atoms with Crippen LogP contribution in [0.4, 0.5) is 0 Å². The number of hydrogen-bond donors (Lipinski definition) is 2. The van der Waals surface area contributed by atoms with E-state index in [1.54, 1.807) is 32.0 Å². The van der Waals surface area contributed by atoms with E-state index in [0.29, 0.717) is 22.6 Å². The minimum Gasteiger partial charge on any atom is -0.474 e. The van der Waals surface area contributed by atoms with Crippen LogP contribution in [0.5, 0.6) is 5.88 Å². The van der Waals surface area contributed by atoms with Crippen molar-refractivity contribution < 1.29 is 23.4 Å². The summed E-state index contributed by atoms with van der Waals surface area (Å²) in [5.41, 5.74) is 0.906. The molecule has 1 aromatic carbocycles. The standard InChI is InChI=1S/C17H21NO5S/c1-17(2,20)11-23-16-15(8-12(10-19)9-18-16)13-4-6-14(7-5-13)24(3,21)22/h4-9,19-20H,10-11H2,1-3H3. The molecule has 2 aromatic rings. The molecule has 1 heterocycles. The van der Waals surface area contributed by atoms with Crippen molar-refractivity contribution in [3.63, 3.8) is 0 Å². The highest BCUT2D eigenvalue weighted by Gasteiger charge is 2.17. The molecule has 2 rings (SSSR count). The number of rotatable bonds is 6. The molecule has 0 fully saturated rings. The Labute approximate surface area is 141 Å². The van der Waals surface area contributed by atoms with Crippen molar-refractivity contribution in [1.82, 2.24) is 4.98 Å². The number of aromatic nitrogens is 1. The Morgan fingerprint density at radius 1 is 1.21 bits per heavy atom. The fourth-order valence-electron chi connectivity index (χ4n) is 2.03. The highest BCUT2D eigenvalue weighted by molar-refractivity contribution is 7.90. The lowest BCUT2D eigenvalue weighted by Gasteiger charge is -2.19. The summed E-state index contributed by atoms with van der Waals surface area (Å²) in [6.07, 6.45) is 2.64. The van der Waals surface area contributed by atoms with Gasteiger partial charge in [-0.3, -0.25) is 0 Å². The van der Waals surface area contributed by atoms with Gasteiger partial charge in [-0.1, -0.05) is 12.1 Å². The van der Waals surface area contributed by atoms with Crippen LogP contribution >= 0.6 is 0 Å². The summed E-state index contributed by atoms with van der Waals surface area (Å²) in [6.45, 7) is 3.12. The average Bonchev–Trinajstić information content (AvgIpc) is 2.51. The Morgan fingerprint density at radius 2 is 1.83 bits per heavy atom. The third kappa shape index (κ3) is 4.77. The molecule has 0 aliphatic carbocycles. The molecule has 0 aliphatic heterocycles. The van der Waals surface area contributed by atoms with E-state index in [4.69, 9.17) is 4.74 Å². The van der Waals surface area contributed by atoms with Gasteiger partial charge in [0.15, 0.2) is 9.84 Å². The number of hydrogen-bond acceptors (Lipinski definition) is 6. The molecule has 0 aliphatic rings. The van der Waals surface area contributed by atoms with Crippen LogP contribution in [0.3, 0.4) is 0 Å². The third-order valence-electron chi connectivity index (χ3n) is 3.25. The summed E-state index contributed by atoms with van der Waals surface area (Å²) >= 11 is 0. The van der Waals surface area contributed by atoms with Gasteiger partial charge in [0.05, 0.1) is 17.1 Å². The van der Waals surface area contributed by atoms with Crippen molar-refractivity contribution in [3.05, 3.63) is 42.1 Å². The summed E-state index contributed by atoms with van der Waals surface area (Å²) in [6, 6.07) is 8.06. The fourth-order valence-corrected chi connectivity index (χ4v) is 2.66. The van der Waals surface area contributed by atoms with Gasteiger partial charge >= 0.3 is 0 Å². The summed E-state index contributed by atoms with van der Waals surface area (Å²) in [7, 11) is -3.27.